The van der Waals surface area contributed by atoms with Gasteiger partial charge in [0.15, 0.2) is 0 Å². The maximum absolute atomic E-state index is 11.5. The molecule has 0 aliphatic heterocycles. The summed E-state index contributed by atoms with van der Waals surface area (Å²) in [5.41, 5.74) is 2.32. The average molecular weight is 465 g/mol. The minimum absolute atomic E-state index is 0.0752. The number of ether oxygens (including phenoxy) is 1. The van der Waals surface area contributed by atoms with Crippen LogP contribution in [0.3, 0.4) is 0 Å². The van der Waals surface area contributed by atoms with Gasteiger partial charge < -0.3 is 14.9 Å². The molecule has 0 heterocycles. The molecule has 2 rings (SSSR count). The van der Waals surface area contributed by atoms with Crippen molar-refractivity contribution in [1.29, 1.82) is 0 Å². The number of aliphatic hydroxyl groups excluding tert-OH is 2. The van der Waals surface area contributed by atoms with Crippen molar-refractivity contribution in [2.24, 2.45) is 11.8 Å². The third kappa shape index (κ3) is 8.53. The van der Waals surface area contributed by atoms with Crippen LogP contribution in [0.1, 0.15) is 94.8 Å². The van der Waals surface area contributed by atoms with Gasteiger partial charge in [0.1, 0.15) is 6.61 Å². The van der Waals surface area contributed by atoms with Gasteiger partial charge >= 0.3 is 5.97 Å². The lowest BCUT2D eigenvalue weighted by molar-refractivity contribution is -0.144. The van der Waals surface area contributed by atoms with Gasteiger partial charge in [-0.05, 0) is 61.0 Å². The van der Waals surface area contributed by atoms with Gasteiger partial charge in [0.25, 0.3) is 0 Å². The molecule has 0 amide bonds. The Kier molecular flexibility index (Phi) is 12.4. The standard InChI is InChI=1S/C27H41ClO4/c1-3-4-7-11-25(30)21-13-15-22(16-14-21)27-20(2)19-24(28)23(27)10-8-5-6-9-12-26(31)32-18-17-29/h5,8,13-16,20,23-25,27,29-30H,3-4,6-7,9-12,17-19H2,1-2H3/b8-5-/t20-,23+,24-,25?,27-/m1/s1. The molecule has 0 spiro atoms. The van der Waals surface area contributed by atoms with Crippen LogP contribution in [0.5, 0.6) is 0 Å². The van der Waals surface area contributed by atoms with E-state index in [1.54, 1.807) is 0 Å². The summed E-state index contributed by atoms with van der Waals surface area (Å²) in [6, 6.07) is 8.54. The molecule has 1 aromatic rings. The van der Waals surface area contributed by atoms with E-state index in [0.29, 0.717) is 24.2 Å². The molecule has 0 radical (unpaired) electrons. The normalized spacial score (nSPS) is 24.2. The van der Waals surface area contributed by atoms with Crippen LogP contribution >= 0.6 is 11.6 Å². The van der Waals surface area contributed by atoms with Crippen molar-refractivity contribution in [2.45, 2.75) is 89.0 Å². The van der Waals surface area contributed by atoms with Crippen LogP contribution in [0.15, 0.2) is 36.4 Å². The molecule has 4 nitrogen and oxygen atoms in total. The minimum Gasteiger partial charge on any atom is -0.463 e. The molecule has 0 bridgehead atoms. The van der Waals surface area contributed by atoms with Gasteiger partial charge in [-0.15, -0.1) is 11.6 Å². The zero-order valence-electron chi connectivity index (χ0n) is 19.7. The van der Waals surface area contributed by atoms with E-state index < -0.39 is 0 Å². The first kappa shape index (κ1) is 26.9. The van der Waals surface area contributed by atoms with Crippen molar-refractivity contribution in [3.05, 3.63) is 47.5 Å². The lowest BCUT2D eigenvalue weighted by Gasteiger charge is -2.24. The highest BCUT2D eigenvalue weighted by Crippen LogP contribution is 2.48. The topological polar surface area (TPSA) is 66.8 Å². The number of esters is 1. The van der Waals surface area contributed by atoms with Crippen molar-refractivity contribution in [2.75, 3.05) is 13.2 Å². The molecule has 1 aromatic carbocycles. The quantitative estimate of drug-likeness (QED) is 0.147. The number of alkyl halides is 1. The fraction of sp³-hybridized carbons (Fsp3) is 0.667. The number of hydrogen-bond donors (Lipinski definition) is 2. The lowest BCUT2D eigenvalue weighted by Crippen LogP contribution is -2.15. The Morgan fingerprint density at radius 2 is 1.97 bits per heavy atom. The number of aliphatic hydroxyl groups is 2. The third-order valence-corrected chi connectivity index (χ3v) is 7.11. The number of carbonyl (C=O) groups is 1. The Labute approximate surface area is 199 Å². The summed E-state index contributed by atoms with van der Waals surface area (Å²) in [6.45, 7) is 4.41. The summed E-state index contributed by atoms with van der Waals surface area (Å²) in [7, 11) is 0. The summed E-state index contributed by atoms with van der Waals surface area (Å²) in [4.78, 5) is 11.5. The van der Waals surface area contributed by atoms with E-state index in [2.05, 4.69) is 50.3 Å². The van der Waals surface area contributed by atoms with E-state index >= 15 is 0 Å². The van der Waals surface area contributed by atoms with E-state index in [4.69, 9.17) is 21.4 Å². The van der Waals surface area contributed by atoms with E-state index in [0.717, 1.165) is 56.9 Å². The Bertz CT molecular complexity index is 687. The molecule has 0 saturated heterocycles. The van der Waals surface area contributed by atoms with Crippen LogP contribution in [-0.4, -0.2) is 34.8 Å². The fourth-order valence-corrected chi connectivity index (χ4v) is 5.40. The molecule has 1 fully saturated rings. The average Bonchev–Trinajstić information content (AvgIpc) is 3.07. The van der Waals surface area contributed by atoms with Gasteiger partial charge in [-0.1, -0.05) is 69.5 Å². The van der Waals surface area contributed by atoms with Crippen LogP contribution in [0.2, 0.25) is 0 Å². The first-order chi connectivity index (χ1) is 15.5. The fourth-order valence-electron chi connectivity index (χ4n) is 4.86. The van der Waals surface area contributed by atoms with Crippen molar-refractivity contribution in [3.63, 3.8) is 0 Å². The number of halogens is 1. The van der Waals surface area contributed by atoms with Gasteiger partial charge in [-0.3, -0.25) is 4.79 Å². The zero-order chi connectivity index (χ0) is 23.3. The first-order valence-electron chi connectivity index (χ1n) is 12.3. The minimum atomic E-state index is -0.378. The second-order valence-electron chi connectivity index (χ2n) is 9.14. The van der Waals surface area contributed by atoms with Gasteiger partial charge in [0.2, 0.25) is 0 Å². The monoisotopic (exact) mass is 464 g/mol. The lowest BCUT2D eigenvalue weighted by atomic mass is 9.82. The Morgan fingerprint density at radius 1 is 1.22 bits per heavy atom. The predicted molar refractivity (Wildman–Crippen MR) is 131 cm³/mol. The Balaban J connectivity index is 1.88. The maximum Gasteiger partial charge on any atom is 0.305 e. The second kappa shape index (κ2) is 14.7. The highest BCUT2D eigenvalue weighted by molar-refractivity contribution is 6.21. The molecule has 0 aromatic heterocycles. The van der Waals surface area contributed by atoms with Crippen molar-refractivity contribution < 1.29 is 19.7 Å². The van der Waals surface area contributed by atoms with Crippen molar-refractivity contribution >= 4 is 17.6 Å². The number of benzene rings is 1. The van der Waals surface area contributed by atoms with E-state index in [-0.39, 0.29) is 30.7 Å². The van der Waals surface area contributed by atoms with Crippen molar-refractivity contribution in [3.8, 4) is 0 Å². The molecule has 1 aliphatic carbocycles. The molecular formula is C27H41ClO4. The first-order valence-corrected chi connectivity index (χ1v) is 12.7. The van der Waals surface area contributed by atoms with Gasteiger partial charge in [0.05, 0.1) is 12.7 Å². The number of allylic oxidation sites excluding steroid dienone is 2. The highest BCUT2D eigenvalue weighted by Gasteiger charge is 2.40. The summed E-state index contributed by atoms with van der Waals surface area (Å²) < 4.78 is 4.87. The summed E-state index contributed by atoms with van der Waals surface area (Å²) in [6.07, 6.45) is 12.1. The summed E-state index contributed by atoms with van der Waals surface area (Å²) >= 11 is 6.75. The molecular weight excluding hydrogens is 424 g/mol. The molecule has 32 heavy (non-hydrogen) atoms. The molecule has 180 valence electrons. The molecule has 5 atom stereocenters. The van der Waals surface area contributed by atoms with E-state index in [1.165, 1.54) is 5.56 Å². The SMILES string of the molecule is CCCCCC(O)c1ccc([C@@H]2[C@@H](C/C=C\CCCC(=O)OCCO)[C@H](Cl)C[C@H]2C)cc1. The number of carbonyl (C=O) groups excluding carboxylic acids is 1. The number of unbranched alkanes of at least 4 members (excludes halogenated alkanes) is 3. The Morgan fingerprint density at radius 3 is 2.66 bits per heavy atom. The Hall–Kier alpha value is -1.36. The zero-order valence-corrected chi connectivity index (χ0v) is 20.5. The van der Waals surface area contributed by atoms with Gasteiger partial charge in [-0.2, -0.15) is 0 Å². The molecule has 1 aliphatic rings. The smallest absolute Gasteiger partial charge is 0.305 e. The third-order valence-electron chi connectivity index (χ3n) is 6.60. The van der Waals surface area contributed by atoms with Crippen LogP contribution in [0, 0.1) is 11.8 Å². The van der Waals surface area contributed by atoms with E-state index in [9.17, 15) is 9.90 Å². The molecule has 1 unspecified atom stereocenters. The number of hydrogen-bond acceptors (Lipinski definition) is 4. The van der Waals surface area contributed by atoms with Crippen LogP contribution < -0.4 is 0 Å². The van der Waals surface area contributed by atoms with E-state index in [1.807, 2.05) is 0 Å². The van der Waals surface area contributed by atoms with Crippen LogP contribution in [-0.2, 0) is 9.53 Å². The largest absolute Gasteiger partial charge is 0.463 e. The molecule has 1 saturated carbocycles. The molecule has 2 N–H and O–H groups in total. The predicted octanol–water partition coefficient (Wildman–Crippen LogP) is 6.30. The van der Waals surface area contributed by atoms with Gasteiger partial charge in [0, 0.05) is 11.8 Å². The van der Waals surface area contributed by atoms with Crippen LogP contribution in [0.4, 0.5) is 0 Å². The van der Waals surface area contributed by atoms with Crippen LogP contribution in [0.25, 0.3) is 0 Å². The maximum atomic E-state index is 11.5. The second-order valence-corrected chi connectivity index (χ2v) is 9.70. The molecule has 5 heteroatoms. The number of rotatable bonds is 14. The highest BCUT2D eigenvalue weighted by atomic mass is 35.5. The summed E-state index contributed by atoms with van der Waals surface area (Å²) in [5.74, 6) is 1.08. The van der Waals surface area contributed by atoms with Gasteiger partial charge in [-0.25, -0.2) is 0 Å². The van der Waals surface area contributed by atoms with Crippen molar-refractivity contribution in [1.82, 2.24) is 0 Å². The summed E-state index contributed by atoms with van der Waals surface area (Å²) in [5, 5.41) is 19.3.